The quantitative estimate of drug-likeness (QED) is 0.826. The summed E-state index contributed by atoms with van der Waals surface area (Å²) in [5, 5.41) is 6.09. The number of hydrazone groups is 1. The number of benzene rings is 2. The molecule has 1 heterocycles. The van der Waals surface area contributed by atoms with E-state index in [4.69, 9.17) is 14.2 Å². The van der Waals surface area contributed by atoms with Crippen molar-refractivity contribution >= 4 is 11.6 Å². The Hall–Kier alpha value is -3.02. The van der Waals surface area contributed by atoms with Gasteiger partial charge in [0.25, 0.3) is 0 Å². The zero-order valence-corrected chi connectivity index (χ0v) is 15.4. The van der Waals surface area contributed by atoms with Gasteiger partial charge in [0.05, 0.1) is 33.1 Å². The van der Waals surface area contributed by atoms with Crippen molar-refractivity contribution in [3.05, 3.63) is 53.6 Å². The molecule has 0 saturated carbocycles. The molecule has 1 aliphatic heterocycles. The Balaban J connectivity index is 1.92. The van der Waals surface area contributed by atoms with E-state index >= 15 is 0 Å². The lowest BCUT2D eigenvalue weighted by Crippen LogP contribution is -2.24. The van der Waals surface area contributed by atoms with Gasteiger partial charge in [0.2, 0.25) is 5.91 Å². The fraction of sp³-hybridized carbons (Fsp3) is 0.300. The Bertz CT molecular complexity index is 830. The number of carbonyl (C=O) groups excluding carboxylic acids is 1. The number of hydrogen-bond donors (Lipinski definition) is 0. The second-order valence-electron chi connectivity index (χ2n) is 5.97. The van der Waals surface area contributed by atoms with Crippen molar-refractivity contribution in [2.45, 2.75) is 19.4 Å². The molecule has 2 aromatic rings. The highest BCUT2D eigenvalue weighted by atomic mass is 16.5. The minimum absolute atomic E-state index is 0.103. The third kappa shape index (κ3) is 3.35. The Morgan fingerprint density at radius 2 is 1.69 bits per heavy atom. The SMILES string of the molecule is COc1ccc(C2=NN(C(C)=O)[C@@H](c3ccc(OC)c(OC)c3)C2)cc1. The van der Waals surface area contributed by atoms with Crippen molar-refractivity contribution in [2.75, 3.05) is 21.3 Å². The summed E-state index contributed by atoms with van der Waals surface area (Å²) in [5.41, 5.74) is 2.78. The predicted molar refractivity (Wildman–Crippen MR) is 99.0 cm³/mol. The number of carbonyl (C=O) groups is 1. The second-order valence-corrected chi connectivity index (χ2v) is 5.97. The lowest BCUT2D eigenvalue weighted by atomic mass is 9.98. The van der Waals surface area contributed by atoms with Gasteiger partial charge in [-0.15, -0.1) is 0 Å². The average molecular weight is 354 g/mol. The third-order valence-corrected chi connectivity index (χ3v) is 4.45. The summed E-state index contributed by atoms with van der Waals surface area (Å²) in [6, 6.07) is 13.2. The first-order valence-electron chi connectivity index (χ1n) is 8.31. The summed E-state index contributed by atoms with van der Waals surface area (Å²) in [6.07, 6.45) is 0.626. The van der Waals surface area contributed by atoms with Crippen molar-refractivity contribution in [1.29, 1.82) is 0 Å². The molecule has 0 radical (unpaired) electrons. The van der Waals surface area contributed by atoms with Crippen LogP contribution in [0.4, 0.5) is 0 Å². The highest BCUT2D eigenvalue weighted by Crippen LogP contribution is 2.37. The van der Waals surface area contributed by atoms with E-state index in [1.807, 2.05) is 42.5 Å². The molecule has 136 valence electrons. The monoisotopic (exact) mass is 354 g/mol. The fourth-order valence-electron chi connectivity index (χ4n) is 3.08. The van der Waals surface area contributed by atoms with Gasteiger partial charge in [-0.2, -0.15) is 5.10 Å². The van der Waals surface area contributed by atoms with Crippen molar-refractivity contribution in [3.8, 4) is 17.2 Å². The van der Waals surface area contributed by atoms with Gasteiger partial charge in [-0.25, -0.2) is 5.01 Å². The normalized spacial score (nSPS) is 16.2. The first-order chi connectivity index (χ1) is 12.6. The van der Waals surface area contributed by atoms with Crippen LogP contribution in [-0.4, -0.2) is 38.0 Å². The molecule has 0 fully saturated rings. The molecule has 1 atom stereocenters. The molecule has 6 nitrogen and oxygen atoms in total. The fourth-order valence-corrected chi connectivity index (χ4v) is 3.08. The van der Waals surface area contributed by atoms with Crippen molar-refractivity contribution in [1.82, 2.24) is 5.01 Å². The van der Waals surface area contributed by atoms with E-state index in [0.717, 1.165) is 22.6 Å². The van der Waals surface area contributed by atoms with Gasteiger partial charge in [0.15, 0.2) is 11.5 Å². The van der Waals surface area contributed by atoms with Gasteiger partial charge in [0, 0.05) is 13.3 Å². The summed E-state index contributed by atoms with van der Waals surface area (Å²) < 4.78 is 15.9. The van der Waals surface area contributed by atoms with Crippen molar-refractivity contribution < 1.29 is 19.0 Å². The maximum atomic E-state index is 12.1. The zero-order valence-electron chi connectivity index (χ0n) is 15.4. The molecule has 0 bridgehead atoms. The Morgan fingerprint density at radius 3 is 2.27 bits per heavy atom. The molecule has 0 aliphatic carbocycles. The second kappa shape index (κ2) is 7.47. The summed E-state index contributed by atoms with van der Waals surface area (Å²) in [4.78, 5) is 12.1. The average Bonchev–Trinajstić information content (AvgIpc) is 3.13. The molecule has 1 aliphatic rings. The van der Waals surface area contributed by atoms with E-state index in [1.165, 1.54) is 11.9 Å². The van der Waals surface area contributed by atoms with Crippen LogP contribution in [0.3, 0.4) is 0 Å². The lowest BCUT2D eigenvalue weighted by Gasteiger charge is -2.21. The summed E-state index contributed by atoms with van der Waals surface area (Å²) >= 11 is 0. The molecule has 26 heavy (non-hydrogen) atoms. The summed E-state index contributed by atoms with van der Waals surface area (Å²) in [5.74, 6) is 1.96. The van der Waals surface area contributed by atoms with Crippen LogP contribution in [0.2, 0.25) is 0 Å². The van der Waals surface area contributed by atoms with Gasteiger partial charge >= 0.3 is 0 Å². The minimum Gasteiger partial charge on any atom is -0.497 e. The van der Waals surface area contributed by atoms with Gasteiger partial charge in [-0.05, 0) is 47.5 Å². The number of rotatable bonds is 5. The molecule has 3 rings (SSSR count). The summed E-state index contributed by atoms with van der Waals surface area (Å²) in [7, 11) is 4.82. The van der Waals surface area contributed by atoms with Crippen molar-refractivity contribution in [2.24, 2.45) is 5.10 Å². The van der Waals surface area contributed by atoms with Gasteiger partial charge < -0.3 is 14.2 Å². The molecule has 2 aromatic carbocycles. The highest BCUT2D eigenvalue weighted by Gasteiger charge is 2.32. The van der Waals surface area contributed by atoms with Gasteiger partial charge in [-0.3, -0.25) is 4.79 Å². The van der Waals surface area contributed by atoms with E-state index < -0.39 is 0 Å². The first-order valence-corrected chi connectivity index (χ1v) is 8.31. The van der Waals surface area contributed by atoms with Crippen LogP contribution in [0.25, 0.3) is 0 Å². The number of amides is 1. The molecular formula is C20H22N2O4. The van der Waals surface area contributed by atoms with Crippen LogP contribution in [0.5, 0.6) is 17.2 Å². The van der Waals surface area contributed by atoms with Crippen LogP contribution < -0.4 is 14.2 Å². The number of nitrogens with zero attached hydrogens (tertiary/aromatic N) is 2. The first kappa shape index (κ1) is 17.8. The van der Waals surface area contributed by atoms with E-state index in [9.17, 15) is 4.79 Å². The zero-order chi connectivity index (χ0) is 18.7. The maximum Gasteiger partial charge on any atom is 0.240 e. The smallest absolute Gasteiger partial charge is 0.240 e. The molecular weight excluding hydrogens is 332 g/mol. The molecule has 6 heteroatoms. The van der Waals surface area contributed by atoms with Crippen LogP contribution in [0.1, 0.15) is 30.5 Å². The maximum absolute atomic E-state index is 12.1. The number of hydrogen-bond acceptors (Lipinski definition) is 5. The lowest BCUT2D eigenvalue weighted by molar-refractivity contribution is -0.130. The largest absolute Gasteiger partial charge is 0.497 e. The van der Waals surface area contributed by atoms with Gasteiger partial charge in [-0.1, -0.05) is 6.07 Å². The van der Waals surface area contributed by atoms with E-state index in [-0.39, 0.29) is 11.9 Å². The molecule has 1 amide bonds. The van der Waals surface area contributed by atoms with Crippen LogP contribution in [0, 0.1) is 0 Å². The Morgan fingerprint density at radius 1 is 1.00 bits per heavy atom. The number of methoxy groups -OCH3 is 3. The van der Waals surface area contributed by atoms with Crippen LogP contribution in [-0.2, 0) is 4.79 Å². The predicted octanol–water partition coefficient (Wildman–Crippen LogP) is 3.41. The highest BCUT2D eigenvalue weighted by molar-refractivity contribution is 6.03. The van der Waals surface area contributed by atoms with E-state index in [2.05, 4.69) is 5.10 Å². The molecule has 0 saturated heterocycles. The third-order valence-electron chi connectivity index (χ3n) is 4.45. The topological polar surface area (TPSA) is 60.4 Å². The van der Waals surface area contributed by atoms with Crippen molar-refractivity contribution in [3.63, 3.8) is 0 Å². The molecule has 0 unspecified atom stereocenters. The van der Waals surface area contributed by atoms with E-state index in [0.29, 0.717) is 17.9 Å². The summed E-state index contributed by atoms with van der Waals surface area (Å²) in [6.45, 7) is 1.52. The Kier molecular flexibility index (Phi) is 5.11. The van der Waals surface area contributed by atoms with E-state index in [1.54, 1.807) is 21.3 Å². The van der Waals surface area contributed by atoms with Gasteiger partial charge in [0.1, 0.15) is 5.75 Å². The van der Waals surface area contributed by atoms with Crippen LogP contribution in [0.15, 0.2) is 47.6 Å². The molecule has 0 spiro atoms. The molecule has 0 aromatic heterocycles. The standard InChI is InChI=1S/C20H22N2O4/c1-13(23)22-18(15-7-10-19(25-3)20(11-15)26-4)12-17(21-22)14-5-8-16(24-2)9-6-14/h5-11,18H,12H2,1-4H3/t18-/m1/s1. The minimum atomic E-state index is -0.176. The Labute approximate surface area is 153 Å². The van der Waals surface area contributed by atoms with Crippen LogP contribution >= 0.6 is 0 Å². The number of ether oxygens (including phenoxy) is 3. The molecule has 0 N–H and O–H groups in total.